The molecule has 0 bridgehead atoms. The molecule has 0 spiro atoms. The third kappa shape index (κ3) is 2.18. The van der Waals surface area contributed by atoms with E-state index in [-0.39, 0.29) is 6.15 Å². The summed E-state index contributed by atoms with van der Waals surface area (Å²) in [6.45, 7) is 0. The predicted octanol–water partition coefficient (Wildman–Crippen LogP) is 3.24. The zero-order valence-electron chi connectivity index (χ0n) is 5.48. The quantitative estimate of drug-likeness (QED) is 0.658. The van der Waals surface area contributed by atoms with Gasteiger partial charge in [-0.3, -0.25) is 0 Å². The molecule has 1 nitrogen and oxygen atoms in total. The maximum Gasteiger partial charge on any atom is 0.0488 e. The summed E-state index contributed by atoms with van der Waals surface area (Å²) >= 11 is 11.3. The zero-order chi connectivity index (χ0) is 6.69. The van der Waals surface area contributed by atoms with Gasteiger partial charge >= 0.3 is 0 Å². The van der Waals surface area contributed by atoms with Crippen molar-refractivity contribution in [1.29, 1.82) is 0 Å². The monoisotopic (exact) mass is 177 g/mol. The van der Waals surface area contributed by atoms with Crippen LogP contribution in [0.1, 0.15) is 5.56 Å². The van der Waals surface area contributed by atoms with Crippen LogP contribution < -0.4 is 6.15 Å². The predicted molar refractivity (Wildman–Crippen MR) is 46.0 cm³/mol. The Bertz CT molecular complexity index is 201. The second-order valence-electron chi connectivity index (χ2n) is 1.73. The van der Waals surface area contributed by atoms with Gasteiger partial charge in [0.2, 0.25) is 0 Å². The van der Waals surface area contributed by atoms with Crippen LogP contribution in [0.2, 0.25) is 5.02 Å². The van der Waals surface area contributed by atoms with Crippen molar-refractivity contribution in [2.75, 3.05) is 0 Å². The Morgan fingerprint density at radius 1 is 1.20 bits per heavy atom. The number of hydrogen-bond donors (Lipinski definition) is 1. The molecule has 1 aromatic rings. The Kier molecular flexibility index (Phi) is 4.45. The molecule has 0 aliphatic rings. The van der Waals surface area contributed by atoms with Crippen LogP contribution in [0.4, 0.5) is 0 Å². The first-order valence-electron chi connectivity index (χ1n) is 2.64. The molecule has 3 N–H and O–H groups in total. The lowest BCUT2D eigenvalue weighted by atomic mass is 10.2. The van der Waals surface area contributed by atoms with Crippen LogP contribution in [0.3, 0.4) is 0 Å². The van der Waals surface area contributed by atoms with E-state index in [0.29, 0.717) is 5.88 Å². The highest BCUT2D eigenvalue weighted by Gasteiger charge is 1.93. The van der Waals surface area contributed by atoms with E-state index < -0.39 is 0 Å². The second-order valence-corrected chi connectivity index (χ2v) is 2.40. The van der Waals surface area contributed by atoms with Crippen LogP contribution in [-0.2, 0) is 5.88 Å². The van der Waals surface area contributed by atoms with Gasteiger partial charge in [-0.25, -0.2) is 0 Å². The Morgan fingerprint density at radius 3 is 2.20 bits per heavy atom. The smallest absolute Gasteiger partial charge is 0.0488 e. The fourth-order valence-electron chi connectivity index (χ4n) is 0.607. The molecular formula is C7H9Cl2N. The Hall–Kier alpha value is -0.240. The van der Waals surface area contributed by atoms with Gasteiger partial charge in [0.15, 0.2) is 0 Å². The average molecular weight is 178 g/mol. The molecule has 0 aliphatic carbocycles. The van der Waals surface area contributed by atoms with Crippen molar-refractivity contribution in [3.8, 4) is 0 Å². The van der Waals surface area contributed by atoms with Gasteiger partial charge in [0.1, 0.15) is 0 Å². The van der Waals surface area contributed by atoms with Crippen molar-refractivity contribution in [3.63, 3.8) is 0 Å². The van der Waals surface area contributed by atoms with Crippen molar-refractivity contribution in [2.45, 2.75) is 5.88 Å². The number of alkyl halides is 1. The van der Waals surface area contributed by atoms with E-state index in [4.69, 9.17) is 23.2 Å². The molecule has 0 aliphatic heterocycles. The first-order chi connectivity index (χ1) is 4.34. The Labute approximate surface area is 70.5 Å². The molecule has 0 heterocycles. The van der Waals surface area contributed by atoms with Crippen molar-refractivity contribution in [2.24, 2.45) is 0 Å². The van der Waals surface area contributed by atoms with E-state index in [2.05, 4.69) is 0 Å². The summed E-state index contributed by atoms with van der Waals surface area (Å²) in [5.74, 6) is 0.486. The van der Waals surface area contributed by atoms with Gasteiger partial charge in [0.25, 0.3) is 0 Å². The molecule has 0 fully saturated rings. The maximum absolute atomic E-state index is 5.74. The molecule has 0 amide bonds. The summed E-state index contributed by atoms with van der Waals surface area (Å²) < 4.78 is 0. The summed E-state index contributed by atoms with van der Waals surface area (Å²) in [4.78, 5) is 0. The molecule has 0 saturated carbocycles. The fourth-order valence-corrected chi connectivity index (χ4v) is 1.11. The standard InChI is InChI=1S/C7H6Cl2.H3N/c8-5-6-3-1-2-4-7(6)9;/h1-4H,5H2;1H3. The van der Waals surface area contributed by atoms with Crippen molar-refractivity contribution < 1.29 is 0 Å². The van der Waals surface area contributed by atoms with Crippen molar-refractivity contribution >= 4 is 23.2 Å². The highest BCUT2D eigenvalue weighted by atomic mass is 35.5. The second kappa shape index (κ2) is 4.56. The first-order valence-corrected chi connectivity index (χ1v) is 3.55. The fraction of sp³-hybridized carbons (Fsp3) is 0.143. The van der Waals surface area contributed by atoms with Crippen LogP contribution in [0.5, 0.6) is 0 Å². The molecule has 3 heteroatoms. The third-order valence-electron chi connectivity index (χ3n) is 1.10. The van der Waals surface area contributed by atoms with Crippen molar-refractivity contribution in [3.05, 3.63) is 34.9 Å². The molecule has 56 valence electrons. The van der Waals surface area contributed by atoms with Crippen LogP contribution >= 0.6 is 23.2 Å². The van der Waals surface area contributed by atoms with Gasteiger partial charge in [0.05, 0.1) is 0 Å². The normalized spacial score (nSPS) is 8.60. The highest BCUT2D eigenvalue weighted by molar-refractivity contribution is 6.32. The van der Waals surface area contributed by atoms with Crippen LogP contribution in [0, 0.1) is 0 Å². The van der Waals surface area contributed by atoms with Gasteiger partial charge in [0, 0.05) is 10.9 Å². The van der Waals surface area contributed by atoms with E-state index in [0.717, 1.165) is 10.6 Å². The summed E-state index contributed by atoms with van der Waals surface area (Å²) in [5.41, 5.74) is 0.987. The van der Waals surface area contributed by atoms with E-state index in [1.165, 1.54) is 0 Å². The lowest BCUT2D eigenvalue weighted by Gasteiger charge is -1.94. The first kappa shape index (κ1) is 9.76. The van der Waals surface area contributed by atoms with Crippen LogP contribution in [-0.4, -0.2) is 0 Å². The summed E-state index contributed by atoms with van der Waals surface area (Å²) in [6.07, 6.45) is 0. The lowest BCUT2D eigenvalue weighted by Crippen LogP contribution is -1.76. The minimum absolute atomic E-state index is 0. The average Bonchev–Trinajstić information content (AvgIpc) is 1.89. The van der Waals surface area contributed by atoms with Gasteiger partial charge in [-0.2, -0.15) is 0 Å². The minimum atomic E-state index is 0. The Morgan fingerprint density at radius 2 is 1.80 bits per heavy atom. The van der Waals surface area contributed by atoms with E-state index in [9.17, 15) is 0 Å². The van der Waals surface area contributed by atoms with Gasteiger partial charge in [-0.05, 0) is 11.6 Å². The van der Waals surface area contributed by atoms with Gasteiger partial charge < -0.3 is 6.15 Å². The molecule has 1 aromatic carbocycles. The zero-order valence-corrected chi connectivity index (χ0v) is 6.99. The van der Waals surface area contributed by atoms with Gasteiger partial charge in [-0.15, -0.1) is 11.6 Å². The highest BCUT2D eigenvalue weighted by Crippen LogP contribution is 2.15. The summed E-state index contributed by atoms with van der Waals surface area (Å²) in [5, 5.41) is 0.743. The summed E-state index contributed by atoms with van der Waals surface area (Å²) in [6, 6.07) is 7.55. The SMILES string of the molecule is ClCc1ccccc1Cl.N. The number of hydrogen-bond acceptors (Lipinski definition) is 1. The third-order valence-corrected chi connectivity index (χ3v) is 1.76. The molecule has 10 heavy (non-hydrogen) atoms. The molecule has 0 atom stereocenters. The van der Waals surface area contributed by atoms with Gasteiger partial charge in [-0.1, -0.05) is 29.8 Å². The molecule has 1 rings (SSSR count). The minimum Gasteiger partial charge on any atom is -0.344 e. The molecule has 0 aromatic heterocycles. The molecule has 0 radical (unpaired) electrons. The Balaban J connectivity index is 0.000000810. The number of rotatable bonds is 1. The van der Waals surface area contributed by atoms with Crippen molar-refractivity contribution in [1.82, 2.24) is 6.15 Å². The summed E-state index contributed by atoms with van der Waals surface area (Å²) in [7, 11) is 0. The molecular weight excluding hydrogens is 169 g/mol. The lowest BCUT2D eigenvalue weighted by molar-refractivity contribution is 1.40. The van der Waals surface area contributed by atoms with E-state index >= 15 is 0 Å². The molecule has 0 saturated heterocycles. The maximum atomic E-state index is 5.74. The van der Waals surface area contributed by atoms with E-state index in [1.807, 2.05) is 24.3 Å². The van der Waals surface area contributed by atoms with Crippen LogP contribution in [0.25, 0.3) is 0 Å². The molecule has 0 unspecified atom stereocenters. The number of halogens is 2. The van der Waals surface area contributed by atoms with E-state index in [1.54, 1.807) is 0 Å². The topological polar surface area (TPSA) is 35.0 Å². The largest absolute Gasteiger partial charge is 0.344 e. The number of benzene rings is 1. The van der Waals surface area contributed by atoms with Crippen LogP contribution in [0.15, 0.2) is 24.3 Å².